The largest absolute Gasteiger partial charge is 0.504 e. The van der Waals surface area contributed by atoms with Crippen LogP contribution in [-0.2, 0) is 17.4 Å². The molecule has 0 aliphatic heterocycles. The Balaban J connectivity index is 2.25. The van der Waals surface area contributed by atoms with Crippen LogP contribution in [0.25, 0.3) is 0 Å². The van der Waals surface area contributed by atoms with E-state index in [0.29, 0.717) is 6.54 Å². The minimum absolute atomic E-state index is 0.00734. The van der Waals surface area contributed by atoms with Crippen LogP contribution < -0.4 is 0 Å². The molecule has 2 aromatic rings. The summed E-state index contributed by atoms with van der Waals surface area (Å²) in [6, 6.07) is 3.79. The van der Waals surface area contributed by atoms with Gasteiger partial charge in [-0.2, -0.15) is 5.10 Å². The van der Waals surface area contributed by atoms with Gasteiger partial charge < -0.3 is 10.2 Å². The van der Waals surface area contributed by atoms with Crippen molar-refractivity contribution in [3.8, 4) is 11.5 Å². The Morgan fingerprint density at radius 3 is 2.25 bits per heavy atom. The summed E-state index contributed by atoms with van der Waals surface area (Å²) in [5.74, 6) is -0.0388. The van der Waals surface area contributed by atoms with Crippen LogP contribution in [0.4, 0.5) is 0 Å². The number of hydrogen-bond donors (Lipinski definition) is 2. The highest BCUT2D eigenvalue weighted by molar-refractivity contribution is 5.58. The normalized spacial score (nSPS) is 18.4. The molecule has 3 rings (SSSR count). The molecule has 1 aliphatic carbocycles. The van der Waals surface area contributed by atoms with Gasteiger partial charge in [0, 0.05) is 11.3 Å². The van der Waals surface area contributed by atoms with Gasteiger partial charge in [0.25, 0.3) is 0 Å². The molecule has 4 nitrogen and oxygen atoms in total. The average molecular weight is 328 g/mol. The molecule has 1 aromatic heterocycles. The molecular weight excluding hydrogens is 300 g/mol. The number of fused-ring (bicyclic) bond motifs is 1. The summed E-state index contributed by atoms with van der Waals surface area (Å²) in [5.41, 5.74) is 5.07. The van der Waals surface area contributed by atoms with Crippen LogP contribution in [0.3, 0.4) is 0 Å². The van der Waals surface area contributed by atoms with Crippen molar-refractivity contribution >= 4 is 0 Å². The number of aromatic hydroxyl groups is 2. The van der Waals surface area contributed by atoms with Gasteiger partial charge in [-0.25, -0.2) is 0 Å². The van der Waals surface area contributed by atoms with Gasteiger partial charge in [-0.15, -0.1) is 0 Å². The van der Waals surface area contributed by atoms with Gasteiger partial charge in [0.15, 0.2) is 11.5 Å². The van der Waals surface area contributed by atoms with E-state index in [9.17, 15) is 10.2 Å². The van der Waals surface area contributed by atoms with Crippen LogP contribution >= 0.6 is 0 Å². The van der Waals surface area contributed by atoms with Crippen LogP contribution in [0.15, 0.2) is 12.1 Å². The topological polar surface area (TPSA) is 58.3 Å². The molecule has 0 fully saturated rings. The molecule has 1 aromatic carbocycles. The zero-order chi connectivity index (χ0) is 17.9. The molecular formula is C20H28N2O2. The molecule has 0 spiro atoms. The molecule has 130 valence electrons. The molecule has 0 unspecified atom stereocenters. The fourth-order valence-corrected chi connectivity index (χ4v) is 4.04. The van der Waals surface area contributed by atoms with Crippen LogP contribution in [0.5, 0.6) is 11.5 Å². The third kappa shape index (κ3) is 2.58. The van der Waals surface area contributed by atoms with E-state index < -0.39 is 0 Å². The summed E-state index contributed by atoms with van der Waals surface area (Å²) in [6.07, 6.45) is 2.12. The number of nitrogens with zero attached hydrogens (tertiary/aromatic N) is 2. The lowest BCUT2D eigenvalue weighted by Gasteiger charge is -2.43. The van der Waals surface area contributed by atoms with E-state index in [1.807, 2.05) is 24.6 Å². The highest BCUT2D eigenvalue weighted by Crippen LogP contribution is 2.51. The second kappa shape index (κ2) is 5.27. The SMILES string of the molecule is Cc1cc(C)n(Cc2c(O)c(O)cc3c2C(C)(C)CCC3(C)C)n1. The molecule has 1 aliphatic rings. The smallest absolute Gasteiger partial charge is 0.162 e. The predicted molar refractivity (Wildman–Crippen MR) is 95.9 cm³/mol. The van der Waals surface area contributed by atoms with Gasteiger partial charge in [0.05, 0.1) is 12.2 Å². The minimum atomic E-state index is -0.0402. The fourth-order valence-electron chi connectivity index (χ4n) is 4.04. The molecule has 0 amide bonds. The van der Waals surface area contributed by atoms with Gasteiger partial charge in [0.2, 0.25) is 0 Å². The Bertz CT molecular complexity index is 800. The van der Waals surface area contributed by atoms with Gasteiger partial charge in [-0.05, 0) is 60.8 Å². The van der Waals surface area contributed by atoms with E-state index >= 15 is 0 Å². The Morgan fingerprint density at radius 1 is 1.04 bits per heavy atom. The van der Waals surface area contributed by atoms with Crippen molar-refractivity contribution in [2.45, 2.75) is 71.8 Å². The quantitative estimate of drug-likeness (QED) is 0.808. The van der Waals surface area contributed by atoms with E-state index in [1.54, 1.807) is 6.07 Å². The van der Waals surface area contributed by atoms with Crippen LogP contribution in [-0.4, -0.2) is 20.0 Å². The van der Waals surface area contributed by atoms with Crippen molar-refractivity contribution in [2.75, 3.05) is 0 Å². The summed E-state index contributed by atoms with van der Waals surface area (Å²) < 4.78 is 1.90. The Labute approximate surface area is 144 Å². The van der Waals surface area contributed by atoms with Crippen molar-refractivity contribution < 1.29 is 10.2 Å². The predicted octanol–water partition coefficient (Wildman–Crippen LogP) is 4.31. The number of aryl methyl sites for hydroxylation is 2. The van der Waals surface area contributed by atoms with E-state index in [4.69, 9.17) is 0 Å². The van der Waals surface area contributed by atoms with Crippen molar-refractivity contribution in [1.29, 1.82) is 0 Å². The van der Waals surface area contributed by atoms with Crippen molar-refractivity contribution in [1.82, 2.24) is 9.78 Å². The molecule has 0 radical (unpaired) electrons. The highest BCUT2D eigenvalue weighted by Gasteiger charge is 2.40. The maximum absolute atomic E-state index is 10.6. The molecule has 24 heavy (non-hydrogen) atoms. The van der Waals surface area contributed by atoms with Gasteiger partial charge >= 0.3 is 0 Å². The first-order valence-electron chi connectivity index (χ1n) is 8.63. The van der Waals surface area contributed by atoms with Crippen molar-refractivity contribution in [3.63, 3.8) is 0 Å². The van der Waals surface area contributed by atoms with E-state index in [1.165, 1.54) is 5.56 Å². The molecule has 2 N–H and O–H groups in total. The maximum atomic E-state index is 10.6. The molecule has 0 saturated heterocycles. The van der Waals surface area contributed by atoms with Gasteiger partial charge in [0.1, 0.15) is 0 Å². The fraction of sp³-hybridized carbons (Fsp3) is 0.550. The number of benzene rings is 1. The zero-order valence-corrected chi connectivity index (χ0v) is 15.6. The summed E-state index contributed by atoms with van der Waals surface area (Å²) in [6.45, 7) is 13.3. The monoisotopic (exact) mass is 328 g/mol. The first kappa shape index (κ1) is 16.9. The summed E-state index contributed by atoms with van der Waals surface area (Å²) in [4.78, 5) is 0. The number of phenolic OH excluding ortho intramolecular Hbond substituents is 2. The van der Waals surface area contributed by atoms with Crippen molar-refractivity contribution in [2.24, 2.45) is 0 Å². The summed E-state index contributed by atoms with van der Waals surface area (Å²) in [7, 11) is 0. The Hall–Kier alpha value is -1.97. The minimum Gasteiger partial charge on any atom is -0.504 e. The van der Waals surface area contributed by atoms with Crippen molar-refractivity contribution in [3.05, 3.63) is 40.2 Å². The van der Waals surface area contributed by atoms with Crippen LogP contribution in [0.2, 0.25) is 0 Å². The maximum Gasteiger partial charge on any atom is 0.162 e. The standard InChI is InChI=1S/C20H28N2O2/c1-12-9-13(2)22(21-12)11-14-17-15(10-16(23)18(14)24)19(3,4)7-8-20(17,5)6/h9-10,23-24H,7-8,11H2,1-6H3. The van der Waals surface area contributed by atoms with Crippen LogP contribution in [0.1, 0.15) is 68.6 Å². The average Bonchev–Trinajstić information content (AvgIpc) is 2.78. The van der Waals surface area contributed by atoms with Crippen LogP contribution in [0, 0.1) is 13.8 Å². The van der Waals surface area contributed by atoms with Gasteiger partial charge in [-0.3, -0.25) is 4.68 Å². The number of rotatable bonds is 2. The third-order valence-corrected chi connectivity index (χ3v) is 5.57. The molecule has 1 heterocycles. The Morgan fingerprint density at radius 2 is 1.67 bits per heavy atom. The Kier molecular flexibility index (Phi) is 3.70. The van der Waals surface area contributed by atoms with E-state index in [0.717, 1.165) is 35.4 Å². The highest BCUT2D eigenvalue weighted by atomic mass is 16.3. The molecule has 0 bridgehead atoms. The molecule has 4 heteroatoms. The second-order valence-electron chi connectivity index (χ2n) is 8.50. The number of hydrogen-bond acceptors (Lipinski definition) is 3. The molecule has 0 saturated carbocycles. The third-order valence-electron chi connectivity index (χ3n) is 5.57. The first-order valence-corrected chi connectivity index (χ1v) is 8.63. The lowest BCUT2D eigenvalue weighted by atomic mass is 9.62. The summed E-state index contributed by atoms with van der Waals surface area (Å²) >= 11 is 0. The summed E-state index contributed by atoms with van der Waals surface area (Å²) in [5, 5.41) is 25.5. The van der Waals surface area contributed by atoms with E-state index in [2.05, 4.69) is 32.8 Å². The second-order valence-corrected chi connectivity index (χ2v) is 8.50. The lowest BCUT2D eigenvalue weighted by molar-refractivity contribution is 0.319. The first-order chi connectivity index (χ1) is 11.0. The number of aromatic nitrogens is 2. The molecule has 0 atom stereocenters. The number of phenols is 2. The van der Waals surface area contributed by atoms with Gasteiger partial charge in [-0.1, -0.05) is 27.7 Å². The zero-order valence-electron chi connectivity index (χ0n) is 15.6. The lowest BCUT2D eigenvalue weighted by Crippen LogP contribution is -2.35. The van der Waals surface area contributed by atoms with E-state index in [-0.39, 0.29) is 22.3 Å².